The highest BCUT2D eigenvalue weighted by molar-refractivity contribution is 7.16. The van der Waals surface area contributed by atoms with Gasteiger partial charge in [0.05, 0.1) is 15.9 Å². The molecule has 0 amide bonds. The van der Waals surface area contributed by atoms with Crippen LogP contribution < -0.4 is 4.87 Å². The van der Waals surface area contributed by atoms with E-state index in [0.717, 1.165) is 40.1 Å². The first-order valence-electron chi connectivity index (χ1n) is 8.77. The van der Waals surface area contributed by atoms with Crippen molar-refractivity contribution in [2.75, 3.05) is 0 Å². The van der Waals surface area contributed by atoms with Crippen molar-refractivity contribution in [2.45, 2.75) is 32.6 Å². The summed E-state index contributed by atoms with van der Waals surface area (Å²) in [6, 6.07) is 12.2. The highest BCUT2D eigenvalue weighted by Gasteiger charge is 2.14. The lowest BCUT2D eigenvalue weighted by atomic mass is 9.98. The van der Waals surface area contributed by atoms with Crippen LogP contribution in [0.3, 0.4) is 0 Å². The summed E-state index contributed by atoms with van der Waals surface area (Å²) in [5.41, 5.74) is 4.25. The second kappa shape index (κ2) is 6.88. The monoisotopic (exact) mass is 364 g/mol. The van der Waals surface area contributed by atoms with E-state index in [2.05, 4.69) is 35.9 Å². The molecule has 0 aliphatic carbocycles. The number of thiazole rings is 1. The Morgan fingerprint density at radius 2 is 2.12 bits per heavy atom. The van der Waals surface area contributed by atoms with Crippen LogP contribution in [-0.4, -0.2) is 19.7 Å². The van der Waals surface area contributed by atoms with Crippen LogP contribution in [0.1, 0.15) is 43.0 Å². The molecule has 5 nitrogen and oxygen atoms in total. The molecule has 6 heteroatoms. The van der Waals surface area contributed by atoms with E-state index in [-0.39, 0.29) is 10.8 Å². The predicted octanol–water partition coefficient (Wildman–Crippen LogP) is 4.27. The van der Waals surface area contributed by atoms with Crippen molar-refractivity contribution >= 4 is 21.6 Å². The summed E-state index contributed by atoms with van der Waals surface area (Å²) in [6.07, 6.45) is 6.03. The Labute approximate surface area is 155 Å². The summed E-state index contributed by atoms with van der Waals surface area (Å²) >= 11 is 1.24. The maximum Gasteiger partial charge on any atom is 0.305 e. The fourth-order valence-corrected chi connectivity index (χ4v) is 3.87. The second-order valence-corrected chi connectivity index (χ2v) is 7.47. The highest BCUT2D eigenvalue weighted by Crippen LogP contribution is 2.26. The summed E-state index contributed by atoms with van der Waals surface area (Å²) in [7, 11) is 0. The molecule has 1 aromatic carbocycles. The molecule has 0 aliphatic heterocycles. The number of H-pyrrole nitrogens is 1. The molecule has 4 rings (SSSR count). The average molecular weight is 364 g/mol. The normalized spacial score (nSPS) is 12.5. The van der Waals surface area contributed by atoms with Crippen LogP contribution in [0.15, 0.2) is 53.6 Å². The minimum atomic E-state index is -0.0216. The summed E-state index contributed by atoms with van der Waals surface area (Å²) in [5.74, 6) is 0.958. The molecule has 3 aromatic heterocycles. The number of benzene rings is 1. The van der Waals surface area contributed by atoms with E-state index in [0.29, 0.717) is 0 Å². The van der Waals surface area contributed by atoms with E-state index in [1.54, 1.807) is 0 Å². The van der Waals surface area contributed by atoms with E-state index in [1.165, 1.54) is 16.9 Å². The van der Waals surface area contributed by atoms with Gasteiger partial charge in [-0.05, 0) is 41.8 Å². The molecular weight excluding hydrogens is 344 g/mol. The van der Waals surface area contributed by atoms with Gasteiger partial charge in [-0.25, -0.2) is 9.67 Å². The zero-order chi connectivity index (χ0) is 18.1. The molecular formula is C20H20N4OS. The lowest BCUT2D eigenvalue weighted by Gasteiger charge is -2.09. The topological polar surface area (TPSA) is 63.6 Å². The molecule has 0 saturated heterocycles. The predicted molar refractivity (Wildman–Crippen MR) is 105 cm³/mol. The van der Waals surface area contributed by atoms with E-state index in [1.807, 2.05) is 41.3 Å². The Morgan fingerprint density at radius 1 is 1.23 bits per heavy atom. The van der Waals surface area contributed by atoms with Gasteiger partial charge in [0, 0.05) is 18.3 Å². The van der Waals surface area contributed by atoms with Crippen LogP contribution in [0, 0.1) is 0 Å². The molecule has 0 bridgehead atoms. The third-order valence-electron chi connectivity index (χ3n) is 4.58. The number of hydrogen-bond donors (Lipinski definition) is 1. The van der Waals surface area contributed by atoms with Crippen molar-refractivity contribution in [1.82, 2.24) is 19.7 Å². The third kappa shape index (κ3) is 3.20. The van der Waals surface area contributed by atoms with Gasteiger partial charge in [-0.3, -0.25) is 4.79 Å². The van der Waals surface area contributed by atoms with Crippen molar-refractivity contribution in [3.8, 4) is 5.82 Å². The Morgan fingerprint density at radius 3 is 2.88 bits per heavy atom. The second-order valence-electron chi connectivity index (χ2n) is 6.45. The largest absolute Gasteiger partial charge is 0.312 e. The van der Waals surface area contributed by atoms with Crippen LogP contribution >= 0.6 is 11.3 Å². The fourth-order valence-electron chi connectivity index (χ4n) is 3.09. The van der Waals surface area contributed by atoms with Crippen LogP contribution in [0.2, 0.25) is 0 Å². The summed E-state index contributed by atoms with van der Waals surface area (Å²) < 4.78 is 2.79. The van der Waals surface area contributed by atoms with E-state index in [4.69, 9.17) is 5.10 Å². The SMILES string of the molecule is CCCc1ccc(-n2ccc(C(C)c3ccc4[nH]c(=O)sc4c3)n2)nc1. The lowest BCUT2D eigenvalue weighted by molar-refractivity contribution is 0.778. The maximum absolute atomic E-state index is 11.5. The third-order valence-corrected chi connectivity index (χ3v) is 5.43. The Balaban J connectivity index is 1.60. The van der Waals surface area contributed by atoms with E-state index < -0.39 is 0 Å². The molecule has 0 spiro atoms. The first kappa shape index (κ1) is 16.7. The number of fused-ring (bicyclic) bond motifs is 1. The Hall–Kier alpha value is -2.73. The summed E-state index contributed by atoms with van der Waals surface area (Å²) in [5, 5.41) is 4.71. The molecule has 3 heterocycles. The van der Waals surface area contributed by atoms with Gasteiger partial charge in [-0.2, -0.15) is 5.10 Å². The molecule has 0 fully saturated rings. The standard InChI is InChI=1S/C20H20N4OS/c1-3-4-14-5-8-19(21-12-14)24-10-9-16(23-24)13(2)15-6-7-17-18(11-15)26-20(25)22-17/h5-13H,3-4H2,1-2H3,(H,22,25). The first-order chi connectivity index (χ1) is 12.6. The zero-order valence-electron chi connectivity index (χ0n) is 14.8. The number of rotatable bonds is 5. The molecule has 0 saturated carbocycles. The maximum atomic E-state index is 11.5. The molecule has 1 unspecified atom stereocenters. The number of pyridine rings is 1. The molecule has 0 aliphatic rings. The zero-order valence-corrected chi connectivity index (χ0v) is 15.6. The number of hydrogen-bond acceptors (Lipinski definition) is 4. The van der Waals surface area contributed by atoms with Crippen LogP contribution in [0.25, 0.3) is 16.0 Å². The average Bonchev–Trinajstić information content (AvgIpc) is 3.27. The molecule has 1 N–H and O–H groups in total. The van der Waals surface area contributed by atoms with Crippen molar-refractivity contribution in [3.63, 3.8) is 0 Å². The molecule has 26 heavy (non-hydrogen) atoms. The Kier molecular flexibility index (Phi) is 4.42. The van der Waals surface area contributed by atoms with Gasteiger partial charge in [-0.15, -0.1) is 0 Å². The van der Waals surface area contributed by atoms with Gasteiger partial charge in [0.15, 0.2) is 5.82 Å². The summed E-state index contributed by atoms with van der Waals surface area (Å²) in [6.45, 7) is 4.29. The van der Waals surface area contributed by atoms with Crippen molar-refractivity contribution < 1.29 is 0 Å². The molecule has 132 valence electrons. The molecule has 1 atom stereocenters. The molecule has 0 radical (unpaired) electrons. The Bertz CT molecular complexity index is 1090. The van der Waals surface area contributed by atoms with Crippen LogP contribution in [-0.2, 0) is 6.42 Å². The van der Waals surface area contributed by atoms with E-state index >= 15 is 0 Å². The number of nitrogens with zero attached hydrogens (tertiary/aromatic N) is 3. The van der Waals surface area contributed by atoms with Gasteiger partial charge >= 0.3 is 4.87 Å². The van der Waals surface area contributed by atoms with E-state index in [9.17, 15) is 4.79 Å². The van der Waals surface area contributed by atoms with Crippen LogP contribution in [0.4, 0.5) is 0 Å². The van der Waals surface area contributed by atoms with Gasteiger partial charge in [0.2, 0.25) is 0 Å². The minimum absolute atomic E-state index is 0.0216. The van der Waals surface area contributed by atoms with Crippen molar-refractivity contribution in [2.24, 2.45) is 0 Å². The molecule has 4 aromatic rings. The van der Waals surface area contributed by atoms with Crippen molar-refractivity contribution in [1.29, 1.82) is 0 Å². The van der Waals surface area contributed by atoms with Crippen molar-refractivity contribution in [3.05, 3.63) is 75.3 Å². The fraction of sp³-hybridized carbons (Fsp3) is 0.250. The van der Waals surface area contributed by atoms with Gasteiger partial charge in [-0.1, -0.05) is 43.7 Å². The first-order valence-corrected chi connectivity index (χ1v) is 9.59. The van der Waals surface area contributed by atoms with Gasteiger partial charge < -0.3 is 4.98 Å². The summed E-state index contributed by atoms with van der Waals surface area (Å²) in [4.78, 5) is 18.8. The van der Waals surface area contributed by atoms with Crippen LogP contribution in [0.5, 0.6) is 0 Å². The quantitative estimate of drug-likeness (QED) is 0.575. The number of aromatic nitrogens is 4. The number of aryl methyl sites for hydroxylation is 1. The lowest BCUT2D eigenvalue weighted by Crippen LogP contribution is -2.02. The highest BCUT2D eigenvalue weighted by atomic mass is 32.1. The van der Waals surface area contributed by atoms with Gasteiger partial charge in [0.1, 0.15) is 0 Å². The van der Waals surface area contributed by atoms with Gasteiger partial charge in [0.25, 0.3) is 0 Å². The number of nitrogens with one attached hydrogen (secondary N) is 1. The number of aromatic amines is 1. The smallest absolute Gasteiger partial charge is 0.305 e. The minimum Gasteiger partial charge on any atom is -0.312 e.